The highest BCUT2D eigenvalue weighted by Gasteiger charge is 2.49. The summed E-state index contributed by atoms with van der Waals surface area (Å²) in [4.78, 5) is 78.9. The van der Waals surface area contributed by atoms with E-state index in [1.165, 1.54) is 6.08 Å². The summed E-state index contributed by atoms with van der Waals surface area (Å²) >= 11 is 0. The van der Waals surface area contributed by atoms with E-state index in [0.717, 1.165) is 160 Å². The van der Waals surface area contributed by atoms with Crippen LogP contribution in [0, 0.1) is 76.6 Å². The molecule has 0 amide bonds. The number of methoxy groups -OCH3 is 1. The van der Waals surface area contributed by atoms with Crippen molar-refractivity contribution < 1.29 is 76.1 Å². The standard InChI is InChI=1S/C73H102O16/c1-7-9-10-15-46-81-57-29-20-52(21-30-57)22-45-66(74)88-64-43-41-63-62(64)42-44-65(63)89-69(77)55-27-35-60(36-28-55)86-67(75)53-23-31-58(32-24-53)82-47-16-11-13-18-49-84-70(78)72(3,4)51-73(5,8-2)71(79)85-50-19-14-12-17-48-83-59-33-25-54(26-34-59)68(76)87-61-39-37-56(80-6)38-40-61/h1,20-22,29-30,45,53-56,58-65H,8,11-14,16-19,23-28,31-44,47-51H2,2-6H3/b45-22+. The van der Waals surface area contributed by atoms with E-state index in [4.69, 9.17) is 53.8 Å². The van der Waals surface area contributed by atoms with Crippen molar-refractivity contribution in [3.05, 3.63) is 35.9 Å². The second-order valence-corrected chi connectivity index (χ2v) is 26.8. The number of esters is 6. The van der Waals surface area contributed by atoms with Crippen LogP contribution in [0.4, 0.5) is 0 Å². The fraction of sp³-hybridized carbons (Fsp3) is 0.726. The lowest BCUT2D eigenvalue weighted by Crippen LogP contribution is -2.38. The molecule has 1 aromatic carbocycles. The summed E-state index contributed by atoms with van der Waals surface area (Å²) in [5, 5.41) is 0. The number of terminal acetylenes is 1. The van der Waals surface area contributed by atoms with Crippen LogP contribution in [-0.2, 0) is 71.4 Å². The molecule has 6 saturated carbocycles. The van der Waals surface area contributed by atoms with Crippen molar-refractivity contribution >= 4 is 41.9 Å². The van der Waals surface area contributed by atoms with Crippen molar-refractivity contribution in [3.63, 3.8) is 0 Å². The van der Waals surface area contributed by atoms with Crippen molar-refractivity contribution in [2.45, 2.75) is 263 Å². The first-order valence-electron chi connectivity index (χ1n) is 33.9. The molecule has 89 heavy (non-hydrogen) atoms. The number of hydrogen-bond donors (Lipinski definition) is 0. The van der Waals surface area contributed by atoms with Gasteiger partial charge in [0.25, 0.3) is 0 Å². The summed E-state index contributed by atoms with van der Waals surface area (Å²) in [6.45, 7) is 9.55. The molecule has 5 atom stereocenters. The molecule has 7 rings (SSSR count). The summed E-state index contributed by atoms with van der Waals surface area (Å²) in [7, 11) is 1.75. The summed E-state index contributed by atoms with van der Waals surface area (Å²) in [5.41, 5.74) is -0.857. The Bertz CT molecular complexity index is 2600. The fourth-order valence-electron chi connectivity index (χ4n) is 14.2. The third kappa shape index (κ3) is 23.1. The Morgan fingerprint density at radius 1 is 0.506 bits per heavy atom. The molecule has 5 unspecified atom stereocenters. The molecule has 6 aliphatic rings. The predicted octanol–water partition coefficient (Wildman–Crippen LogP) is 13.1. The first kappa shape index (κ1) is 70.6. The molecule has 1 aromatic rings. The molecule has 6 aliphatic carbocycles. The van der Waals surface area contributed by atoms with Gasteiger partial charge in [0.15, 0.2) is 0 Å². The maximum absolute atomic E-state index is 13.4. The van der Waals surface area contributed by atoms with Crippen molar-refractivity contribution in [3.8, 4) is 42.0 Å². The average Bonchev–Trinajstić information content (AvgIpc) is 2.24. The molecule has 0 radical (unpaired) electrons. The minimum absolute atomic E-state index is 0.0223. The number of unbranched alkanes of at least 4 members (excludes halogenated alkanes) is 6. The van der Waals surface area contributed by atoms with Gasteiger partial charge in [-0.15, -0.1) is 6.42 Å². The van der Waals surface area contributed by atoms with Gasteiger partial charge in [0, 0.05) is 50.1 Å². The summed E-state index contributed by atoms with van der Waals surface area (Å²) in [5.74, 6) is 8.71. The lowest BCUT2D eigenvalue weighted by atomic mass is 9.72. The van der Waals surface area contributed by atoms with E-state index in [0.29, 0.717) is 70.7 Å². The van der Waals surface area contributed by atoms with Crippen LogP contribution in [0.1, 0.15) is 226 Å². The molecule has 0 bridgehead atoms. The molecule has 6 fully saturated rings. The zero-order valence-corrected chi connectivity index (χ0v) is 54.0. The van der Waals surface area contributed by atoms with Gasteiger partial charge in [0.1, 0.15) is 36.3 Å². The number of rotatable bonds is 32. The van der Waals surface area contributed by atoms with Crippen molar-refractivity contribution in [1.29, 1.82) is 0 Å². The predicted molar refractivity (Wildman–Crippen MR) is 336 cm³/mol. The zero-order chi connectivity index (χ0) is 63.4. The van der Waals surface area contributed by atoms with E-state index >= 15 is 0 Å². The third-order valence-electron chi connectivity index (χ3n) is 19.8. The molecule has 16 heteroatoms. The Balaban J connectivity index is 0.653. The molecule has 0 aromatic heterocycles. The molecule has 0 N–H and O–H groups in total. The van der Waals surface area contributed by atoms with Gasteiger partial charge in [-0.05, 0) is 236 Å². The number of fused-ring (bicyclic) bond motifs is 1. The molecule has 0 heterocycles. The lowest BCUT2D eigenvalue weighted by Gasteiger charge is -2.33. The van der Waals surface area contributed by atoms with Crippen LogP contribution in [0.5, 0.6) is 5.75 Å². The van der Waals surface area contributed by atoms with Crippen LogP contribution in [-0.4, -0.2) is 112 Å². The summed E-state index contributed by atoms with van der Waals surface area (Å²) in [6.07, 6.45) is 34.7. The SMILES string of the molecule is C#CC#CC#COc1ccc(/C=C/C(=O)OC2CCC3C(OC(=O)C4CCC(OC(=O)C5CCC(OCCCCCCOC(=O)C(C)(C)CC(C)(CC)C(=O)OCCCCCCOC6CCC(C(=O)OC7CCC(OC)CC7)CC6)CC5)CC4)CCC23)cc1. The molecule has 0 aliphatic heterocycles. The minimum Gasteiger partial charge on any atom is -0.465 e. The number of benzene rings is 1. The second-order valence-electron chi connectivity index (χ2n) is 26.8. The van der Waals surface area contributed by atoms with Crippen molar-refractivity contribution in [1.82, 2.24) is 0 Å². The highest BCUT2D eigenvalue weighted by Crippen LogP contribution is 2.48. The third-order valence-corrected chi connectivity index (χ3v) is 19.8. The minimum atomic E-state index is -0.853. The second kappa shape index (κ2) is 36.9. The highest BCUT2D eigenvalue weighted by molar-refractivity contribution is 5.87. The Kier molecular flexibility index (Phi) is 29.2. The maximum Gasteiger partial charge on any atom is 0.331 e. The Labute approximate surface area is 530 Å². The van der Waals surface area contributed by atoms with Crippen LogP contribution in [0.2, 0.25) is 0 Å². The van der Waals surface area contributed by atoms with Gasteiger partial charge in [0.2, 0.25) is 0 Å². The number of ether oxygens (including phenoxy) is 10. The van der Waals surface area contributed by atoms with Crippen LogP contribution in [0.25, 0.3) is 6.08 Å². The first-order chi connectivity index (χ1) is 43.1. The summed E-state index contributed by atoms with van der Waals surface area (Å²) in [6, 6.07) is 7.09. The molecule has 0 saturated heterocycles. The van der Waals surface area contributed by atoms with Gasteiger partial charge in [-0.25, -0.2) is 4.79 Å². The van der Waals surface area contributed by atoms with Gasteiger partial charge in [0.05, 0.1) is 60.1 Å². The smallest absolute Gasteiger partial charge is 0.331 e. The van der Waals surface area contributed by atoms with Gasteiger partial charge < -0.3 is 47.4 Å². The van der Waals surface area contributed by atoms with E-state index < -0.39 is 16.8 Å². The zero-order valence-electron chi connectivity index (χ0n) is 54.0. The van der Waals surface area contributed by atoms with Crippen molar-refractivity contribution in [2.75, 3.05) is 33.5 Å². The van der Waals surface area contributed by atoms with E-state index in [1.54, 1.807) is 37.5 Å². The summed E-state index contributed by atoms with van der Waals surface area (Å²) < 4.78 is 58.6. The Hall–Kier alpha value is -5.86. The molecule has 0 spiro atoms. The van der Waals surface area contributed by atoms with E-state index in [9.17, 15) is 28.8 Å². The van der Waals surface area contributed by atoms with E-state index in [1.807, 2.05) is 27.7 Å². The van der Waals surface area contributed by atoms with Crippen molar-refractivity contribution in [2.24, 2.45) is 40.4 Å². The van der Waals surface area contributed by atoms with Gasteiger partial charge in [-0.1, -0.05) is 31.9 Å². The van der Waals surface area contributed by atoms with Crippen LogP contribution >= 0.6 is 0 Å². The largest absolute Gasteiger partial charge is 0.465 e. The normalized spacial score (nSPS) is 27.4. The number of carbonyl (C=O) groups excluding carboxylic acids is 6. The van der Waals surface area contributed by atoms with Crippen LogP contribution in [0.15, 0.2) is 30.3 Å². The van der Waals surface area contributed by atoms with Gasteiger partial charge >= 0.3 is 35.8 Å². The highest BCUT2D eigenvalue weighted by atomic mass is 16.6. The Morgan fingerprint density at radius 3 is 1.45 bits per heavy atom. The number of hydrogen-bond acceptors (Lipinski definition) is 16. The number of carbonyl (C=O) groups is 6. The quantitative estimate of drug-likeness (QED) is 0.0217. The topological polar surface area (TPSA) is 195 Å². The Morgan fingerprint density at radius 2 is 0.955 bits per heavy atom. The van der Waals surface area contributed by atoms with Crippen LogP contribution in [0.3, 0.4) is 0 Å². The molecule has 16 nitrogen and oxygen atoms in total. The average molecular weight is 1240 g/mol. The molecular formula is C73H102O16. The fourth-order valence-corrected chi connectivity index (χ4v) is 14.2. The van der Waals surface area contributed by atoms with E-state index in [2.05, 4.69) is 29.8 Å². The monoisotopic (exact) mass is 1230 g/mol. The van der Waals surface area contributed by atoms with Gasteiger partial charge in [-0.3, -0.25) is 24.0 Å². The lowest BCUT2D eigenvalue weighted by molar-refractivity contribution is -0.164. The van der Waals surface area contributed by atoms with Crippen LogP contribution < -0.4 is 4.74 Å². The van der Waals surface area contributed by atoms with E-state index in [-0.39, 0.29) is 102 Å². The van der Waals surface area contributed by atoms with Gasteiger partial charge in [-0.2, -0.15) is 0 Å². The molecule has 490 valence electrons. The maximum atomic E-state index is 13.4. The first-order valence-corrected chi connectivity index (χ1v) is 33.9. The molecular weight excluding hydrogens is 1130 g/mol.